The van der Waals surface area contributed by atoms with Crippen molar-refractivity contribution in [2.75, 3.05) is 33.2 Å². The van der Waals surface area contributed by atoms with Crippen molar-refractivity contribution in [3.05, 3.63) is 41.4 Å². The Morgan fingerprint density at radius 2 is 1.95 bits per heavy atom. The molecule has 20 heavy (non-hydrogen) atoms. The molecular weight excluding hydrogens is 270 g/mol. The van der Waals surface area contributed by atoms with Gasteiger partial charge in [-0.2, -0.15) is 0 Å². The number of aromatic nitrogens is 1. The van der Waals surface area contributed by atoms with Gasteiger partial charge < -0.3 is 9.80 Å². The first-order valence-corrected chi connectivity index (χ1v) is 7.52. The van der Waals surface area contributed by atoms with Crippen molar-refractivity contribution in [3.8, 4) is 10.6 Å². The number of rotatable bonds is 2. The smallest absolute Gasteiger partial charge is 0.273 e. The molecule has 0 unspecified atom stereocenters. The normalized spacial score (nSPS) is 16.4. The maximum atomic E-state index is 12.4. The van der Waals surface area contributed by atoms with E-state index in [0.717, 1.165) is 36.8 Å². The number of carbonyl (C=O) groups excluding carboxylic acids is 1. The summed E-state index contributed by atoms with van der Waals surface area (Å²) in [4.78, 5) is 21.0. The fraction of sp³-hybridized carbons (Fsp3) is 0.333. The van der Waals surface area contributed by atoms with Crippen LogP contribution in [0.1, 0.15) is 10.5 Å². The van der Waals surface area contributed by atoms with Gasteiger partial charge in [-0.3, -0.25) is 4.79 Å². The van der Waals surface area contributed by atoms with Gasteiger partial charge in [0, 0.05) is 37.1 Å². The standard InChI is InChI=1S/C15H16N3OS/c1-17-7-9-18(10-8-17)15(19)13-11-20-14(16-13)12-5-3-2-4-6-12/h3-6,11H,7-10H2,1H3. The van der Waals surface area contributed by atoms with E-state index in [1.165, 1.54) is 11.3 Å². The van der Waals surface area contributed by atoms with Gasteiger partial charge in [0.25, 0.3) is 5.91 Å². The highest BCUT2D eigenvalue weighted by atomic mass is 32.1. The Kier molecular flexibility index (Phi) is 3.80. The number of thiazole rings is 1. The van der Waals surface area contributed by atoms with Crippen LogP contribution in [0.25, 0.3) is 10.6 Å². The minimum absolute atomic E-state index is 0.0445. The third kappa shape index (κ3) is 2.73. The zero-order valence-corrected chi connectivity index (χ0v) is 12.2. The van der Waals surface area contributed by atoms with Crippen LogP contribution < -0.4 is 0 Å². The molecule has 2 heterocycles. The molecule has 0 spiro atoms. The second kappa shape index (κ2) is 5.73. The van der Waals surface area contributed by atoms with Crippen molar-refractivity contribution in [1.29, 1.82) is 0 Å². The van der Waals surface area contributed by atoms with Gasteiger partial charge in [-0.15, -0.1) is 11.3 Å². The summed E-state index contributed by atoms with van der Waals surface area (Å²) in [5, 5.41) is 2.74. The Morgan fingerprint density at radius 3 is 2.65 bits per heavy atom. The Labute approximate surface area is 122 Å². The van der Waals surface area contributed by atoms with Crippen LogP contribution >= 0.6 is 11.3 Å². The van der Waals surface area contributed by atoms with Crippen LogP contribution in [0.3, 0.4) is 0 Å². The fourth-order valence-electron chi connectivity index (χ4n) is 2.21. The molecule has 0 N–H and O–H groups in total. The summed E-state index contributed by atoms with van der Waals surface area (Å²) in [5.41, 5.74) is 1.59. The van der Waals surface area contributed by atoms with Crippen molar-refractivity contribution in [2.45, 2.75) is 0 Å². The number of carbonyl (C=O) groups is 1. The monoisotopic (exact) mass is 286 g/mol. The Hall–Kier alpha value is -1.72. The molecule has 1 aromatic carbocycles. The summed E-state index contributed by atoms with van der Waals surface area (Å²) in [6, 6.07) is 10.6. The van der Waals surface area contributed by atoms with Crippen LogP contribution in [-0.4, -0.2) is 53.9 Å². The van der Waals surface area contributed by atoms with Crippen LogP contribution in [0.2, 0.25) is 0 Å². The molecule has 0 atom stereocenters. The first-order chi connectivity index (χ1) is 9.74. The van der Waals surface area contributed by atoms with E-state index in [1.807, 2.05) is 34.5 Å². The topological polar surface area (TPSA) is 36.4 Å². The van der Waals surface area contributed by atoms with E-state index >= 15 is 0 Å². The van der Waals surface area contributed by atoms with Gasteiger partial charge >= 0.3 is 0 Å². The molecule has 1 amide bonds. The van der Waals surface area contributed by atoms with Crippen LogP contribution in [0.15, 0.2) is 29.6 Å². The van der Waals surface area contributed by atoms with Gasteiger partial charge in [0.2, 0.25) is 0 Å². The van der Waals surface area contributed by atoms with E-state index in [-0.39, 0.29) is 5.91 Å². The van der Waals surface area contributed by atoms with Crippen molar-refractivity contribution in [2.24, 2.45) is 0 Å². The van der Waals surface area contributed by atoms with Crippen LogP contribution in [0, 0.1) is 6.07 Å². The second-order valence-electron chi connectivity index (χ2n) is 4.92. The minimum atomic E-state index is 0.0445. The average molecular weight is 286 g/mol. The number of hydrogen-bond acceptors (Lipinski definition) is 4. The van der Waals surface area contributed by atoms with Crippen molar-refractivity contribution >= 4 is 17.2 Å². The van der Waals surface area contributed by atoms with Gasteiger partial charge in [-0.25, -0.2) is 4.98 Å². The van der Waals surface area contributed by atoms with Gasteiger partial charge in [0.1, 0.15) is 10.7 Å². The summed E-state index contributed by atoms with van der Waals surface area (Å²) in [6.45, 7) is 3.42. The molecule has 0 aliphatic carbocycles. The quantitative estimate of drug-likeness (QED) is 0.847. The van der Waals surface area contributed by atoms with Gasteiger partial charge in [-0.1, -0.05) is 24.3 Å². The summed E-state index contributed by atoms with van der Waals surface area (Å²) in [6.07, 6.45) is 0. The lowest BCUT2D eigenvalue weighted by Crippen LogP contribution is -2.47. The maximum Gasteiger partial charge on any atom is 0.273 e. The summed E-state index contributed by atoms with van der Waals surface area (Å²) < 4.78 is 0. The molecule has 1 saturated heterocycles. The molecule has 3 rings (SSSR count). The summed E-state index contributed by atoms with van der Waals surface area (Å²) in [5.74, 6) is 0.0445. The van der Waals surface area contributed by atoms with Gasteiger partial charge in [0.15, 0.2) is 0 Å². The highest BCUT2D eigenvalue weighted by Crippen LogP contribution is 2.23. The molecule has 0 saturated carbocycles. The maximum absolute atomic E-state index is 12.4. The largest absolute Gasteiger partial charge is 0.335 e. The Morgan fingerprint density at radius 1 is 1.25 bits per heavy atom. The van der Waals surface area contributed by atoms with Crippen molar-refractivity contribution in [3.63, 3.8) is 0 Å². The molecule has 4 nitrogen and oxygen atoms in total. The lowest BCUT2D eigenvalue weighted by atomic mass is 10.2. The number of likely N-dealkylation sites (N-methyl/N-ethyl adjacent to an activating group) is 1. The fourth-order valence-corrected chi connectivity index (χ4v) is 3.01. The van der Waals surface area contributed by atoms with E-state index < -0.39 is 0 Å². The van der Waals surface area contributed by atoms with Crippen LogP contribution in [0.5, 0.6) is 0 Å². The van der Waals surface area contributed by atoms with E-state index in [4.69, 9.17) is 0 Å². The van der Waals surface area contributed by atoms with Crippen molar-refractivity contribution < 1.29 is 4.79 Å². The predicted octanol–water partition coefficient (Wildman–Crippen LogP) is 2.00. The number of benzene rings is 1. The number of piperazine rings is 1. The zero-order chi connectivity index (χ0) is 13.9. The number of amides is 1. The highest BCUT2D eigenvalue weighted by molar-refractivity contribution is 7.13. The molecular formula is C15H16N3OS. The Bertz CT molecular complexity index is 588. The van der Waals surface area contributed by atoms with Gasteiger partial charge in [0.05, 0.1) is 0 Å². The molecule has 5 heteroatoms. The van der Waals surface area contributed by atoms with Crippen molar-refractivity contribution in [1.82, 2.24) is 14.8 Å². The first-order valence-electron chi connectivity index (χ1n) is 6.64. The summed E-state index contributed by atoms with van der Waals surface area (Å²) in [7, 11) is 2.08. The molecule has 0 bridgehead atoms. The zero-order valence-electron chi connectivity index (χ0n) is 11.4. The molecule has 1 fully saturated rings. The van der Waals surface area contributed by atoms with Gasteiger partial charge in [-0.05, 0) is 13.1 Å². The summed E-state index contributed by atoms with van der Waals surface area (Å²) >= 11 is 1.51. The number of nitrogens with zero attached hydrogens (tertiary/aromatic N) is 3. The number of hydrogen-bond donors (Lipinski definition) is 0. The molecule has 1 radical (unpaired) electrons. The molecule has 1 aliphatic rings. The third-order valence-corrected chi connectivity index (χ3v) is 4.37. The first kappa shape index (κ1) is 13.3. The molecule has 1 aliphatic heterocycles. The lowest BCUT2D eigenvalue weighted by molar-refractivity contribution is 0.0659. The molecule has 1 aromatic heterocycles. The molecule has 2 aromatic rings. The average Bonchev–Trinajstić information content (AvgIpc) is 2.98. The predicted molar refractivity (Wildman–Crippen MR) is 79.8 cm³/mol. The third-order valence-electron chi connectivity index (χ3n) is 3.48. The van der Waals surface area contributed by atoms with Crippen LogP contribution in [-0.2, 0) is 0 Å². The molecule has 103 valence electrons. The SMILES string of the molecule is CN1CCN(C(=O)c2csc(-c3cc[c]cc3)n2)CC1. The highest BCUT2D eigenvalue weighted by Gasteiger charge is 2.22. The van der Waals surface area contributed by atoms with E-state index in [2.05, 4.69) is 23.0 Å². The minimum Gasteiger partial charge on any atom is -0.335 e. The second-order valence-corrected chi connectivity index (χ2v) is 5.78. The Balaban J connectivity index is 1.75. The van der Waals surface area contributed by atoms with E-state index in [1.54, 1.807) is 0 Å². The lowest BCUT2D eigenvalue weighted by Gasteiger charge is -2.31. The van der Waals surface area contributed by atoms with E-state index in [0.29, 0.717) is 5.69 Å². The van der Waals surface area contributed by atoms with E-state index in [9.17, 15) is 4.79 Å². The van der Waals surface area contributed by atoms with Crippen LogP contribution in [0.4, 0.5) is 0 Å².